The first kappa shape index (κ1) is 13.7. The average Bonchev–Trinajstić information content (AvgIpc) is 2.40. The van der Waals surface area contributed by atoms with Crippen LogP contribution in [0.1, 0.15) is 33.1 Å². The second-order valence-electron chi connectivity index (χ2n) is 4.52. The van der Waals surface area contributed by atoms with Crippen LogP contribution in [0.2, 0.25) is 0 Å². The van der Waals surface area contributed by atoms with Gasteiger partial charge in [0.1, 0.15) is 0 Å². The molecule has 4 nitrogen and oxygen atoms in total. The molecular weight excluding hydrogens is 246 g/mol. The summed E-state index contributed by atoms with van der Waals surface area (Å²) in [6.45, 7) is 4.53. The summed E-state index contributed by atoms with van der Waals surface area (Å²) in [7, 11) is -2.90. The molecule has 1 heterocycles. The number of unbranched alkanes of at least 4 members (excludes halogenated alkanes) is 1. The molecule has 0 amide bonds. The van der Waals surface area contributed by atoms with Crippen molar-refractivity contribution in [1.82, 2.24) is 5.32 Å². The molecule has 0 spiro atoms. The predicted molar refractivity (Wildman–Crippen MR) is 68.3 cm³/mol. The number of hydrogen-bond acceptors (Lipinski definition) is 4. The molecule has 1 rings (SSSR count). The van der Waals surface area contributed by atoms with Gasteiger partial charge < -0.3 is 10.1 Å². The first-order valence-electron chi connectivity index (χ1n) is 5.52. The molecule has 0 aromatic carbocycles. The molecule has 1 fully saturated rings. The maximum absolute atomic E-state index is 11.4. The molecule has 1 atom stereocenters. The molecule has 6 heteroatoms. The summed E-state index contributed by atoms with van der Waals surface area (Å²) in [6.07, 6.45) is 2.59. The van der Waals surface area contributed by atoms with Crippen molar-refractivity contribution in [2.75, 3.05) is 18.1 Å². The van der Waals surface area contributed by atoms with Crippen LogP contribution in [-0.2, 0) is 14.6 Å². The molecule has 1 aliphatic heterocycles. The highest BCUT2D eigenvalue weighted by atomic mass is 32.2. The highest BCUT2D eigenvalue weighted by Gasteiger charge is 2.39. The molecule has 1 aliphatic rings. The monoisotopic (exact) mass is 265 g/mol. The fraction of sp³-hybridized carbons (Fsp3) is 0.900. The van der Waals surface area contributed by atoms with Gasteiger partial charge >= 0.3 is 0 Å². The zero-order chi connectivity index (χ0) is 12.2. The quantitative estimate of drug-likeness (QED) is 0.612. The largest absolute Gasteiger partial charge is 0.471 e. The lowest BCUT2D eigenvalue weighted by Crippen LogP contribution is -2.47. The SMILES string of the molecule is CCCCOC(=S)N[C@@]1(C)CCS(=O)(=O)C1. The average molecular weight is 265 g/mol. The number of sulfone groups is 1. The Bertz CT molecular complexity index is 353. The normalized spacial score (nSPS) is 27.6. The second-order valence-corrected chi connectivity index (χ2v) is 7.07. The highest BCUT2D eigenvalue weighted by molar-refractivity contribution is 7.91. The molecular formula is C10H19NO3S2. The summed E-state index contributed by atoms with van der Waals surface area (Å²) in [4.78, 5) is 0. The van der Waals surface area contributed by atoms with E-state index in [2.05, 4.69) is 12.2 Å². The van der Waals surface area contributed by atoms with Crippen LogP contribution in [0.15, 0.2) is 0 Å². The zero-order valence-electron chi connectivity index (χ0n) is 9.78. The van der Waals surface area contributed by atoms with Crippen LogP contribution in [0.25, 0.3) is 0 Å². The summed E-state index contributed by atoms with van der Waals surface area (Å²) in [5.41, 5.74) is -0.456. The minimum absolute atomic E-state index is 0.136. The number of hydrogen-bond donors (Lipinski definition) is 1. The van der Waals surface area contributed by atoms with Crippen LogP contribution in [0.5, 0.6) is 0 Å². The summed E-state index contributed by atoms with van der Waals surface area (Å²) in [5, 5.41) is 3.31. The molecule has 0 aliphatic carbocycles. The molecule has 0 saturated carbocycles. The van der Waals surface area contributed by atoms with Crippen molar-refractivity contribution >= 4 is 27.2 Å². The standard InChI is InChI=1S/C10H19NO3S2/c1-3-4-6-14-9(15)11-10(2)5-7-16(12,13)8-10/h3-8H2,1-2H3,(H,11,15)/t10-/m0/s1. The number of nitrogens with one attached hydrogen (secondary N) is 1. The third-order valence-corrected chi connectivity index (χ3v) is 4.76. The Kier molecular flexibility index (Phi) is 4.55. The zero-order valence-corrected chi connectivity index (χ0v) is 11.4. The van der Waals surface area contributed by atoms with Crippen molar-refractivity contribution < 1.29 is 13.2 Å². The lowest BCUT2D eigenvalue weighted by Gasteiger charge is -2.25. The van der Waals surface area contributed by atoms with E-state index in [0.29, 0.717) is 18.2 Å². The lowest BCUT2D eigenvalue weighted by atomic mass is 10.0. The number of thiocarbonyl (C=S) groups is 1. The Morgan fingerprint density at radius 3 is 2.75 bits per heavy atom. The fourth-order valence-electron chi connectivity index (χ4n) is 1.70. The Morgan fingerprint density at radius 2 is 2.25 bits per heavy atom. The number of ether oxygens (including phenoxy) is 1. The summed E-state index contributed by atoms with van der Waals surface area (Å²) >= 11 is 5.02. The van der Waals surface area contributed by atoms with Crippen LogP contribution in [-0.4, -0.2) is 37.2 Å². The molecule has 0 aromatic heterocycles. The molecule has 0 bridgehead atoms. The Labute approximate surface area is 103 Å². The maximum Gasteiger partial charge on any atom is 0.257 e. The van der Waals surface area contributed by atoms with E-state index in [-0.39, 0.29) is 11.5 Å². The first-order chi connectivity index (χ1) is 7.37. The van der Waals surface area contributed by atoms with Gasteiger partial charge in [0.15, 0.2) is 9.84 Å². The van der Waals surface area contributed by atoms with E-state index in [4.69, 9.17) is 17.0 Å². The summed E-state index contributed by atoms with van der Waals surface area (Å²) in [6, 6.07) is 0. The minimum atomic E-state index is -2.90. The molecule has 94 valence electrons. The van der Waals surface area contributed by atoms with Crippen molar-refractivity contribution in [3.05, 3.63) is 0 Å². The van der Waals surface area contributed by atoms with E-state index >= 15 is 0 Å². The van der Waals surface area contributed by atoms with E-state index in [1.54, 1.807) is 0 Å². The molecule has 16 heavy (non-hydrogen) atoms. The van der Waals surface area contributed by atoms with E-state index in [0.717, 1.165) is 12.8 Å². The first-order valence-corrected chi connectivity index (χ1v) is 7.75. The van der Waals surface area contributed by atoms with Crippen LogP contribution in [0, 0.1) is 0 Å². The van der Waals surface area contributed by atoms with E-state index in [9.17, 15) is 8.42 Å². The van der Waals surface area contributed by atoms with Gasteiger partial charge in [-0.25, -0.2) is 8.42 Å². The Balaban J connectivity index is 2.39. The molecule has 1 N–H and O–H groups in total. The third-order valence-electron chi connectivity index (χ3n) is 2.64. The van der Waals surface area contributed by atoms with Crippen LogP contribution >= 0.6 is 12.2 Å². The van der Waals surface area contributed by atoms with E-state index < -0.39 is 15.4 Å². The van der Waals surface area contributed by atoms with Gasteiger partial charge in [0, 0.05) is 0 Å². The summed E-state index contributed by atoms with van der Waals surface area (Å²) in [5.74, 6) is 0.366. The topological polar surface area (TPSA) is 55.4 Å². The molecule has 0 aromatic rings. The van der Waals surface area contributed by atoms with Crippen LogP contribution in [0.4, 0.5) is 0 Å². The van der Waals surface area contributed by atoms with Gasteiger partial charge in [-0.1, -0.05) is 13.3 Å². The number of rotatable bonds is 4. The maximum atomic E-state index is 11.4. The van der Waals surface area contributed by atoms with Gasteiger partial charge in [0.05, 0.1) is 23.7 Å². The van der Waals surface area contributed by atoms with Crippen molar-refractivity contribution in [3.63, 3.8) is 0 Å². The van der Waals surface area contributed by atoms with Gasteiger partial charge in [0.25, 0.3) is 5.17 Å². The molecule has 1 saturated heterocycles. The lowest BCUT2D eigenvalue weighted by molar-refractivity contribution is 0.276. The van der Waals surface area contributed by atoms with Gasteiger partial charge in [-0.05, 0) is 32.0 Å². The van der Waals surface area contributed by atoms with Crippen molar-refractivity contribution in [2.24, 2.45) is 0 Å². The van der Waals surface area contributed by atoms with E-state index in [1.165, 1.54) is 0 Å². The van der Waals surface area contributed by atoms with Crippen LogP contribution < -0.4 is 5.32 Å². The van der Waals surface area contributed by atoms with Gasteiger partial charge in [0.2, 0.25) is 0 Å². The van der Waals surface area contributed by atoms with E-state index in [1.807, 2.05) is 6.92 Å². The Morgan fingerprint density at radius 1 is 1.56 bits per heavy atom. The van der Waals surface area contributed by atoms with Gasteiger partial charge in [-0.3, -0.25) is 0 Å². The van der Waals surface area contributed by atoms with Gasteiger partial charge in [-0.15, -0.1) is 0 Å². The third kappa shape index (κ3) is 4.25. The van der Waals surface area contributed by atoms with Crippen molar-refractivity contribution in [2.45, 2.75) is 38.6 Å². The van der Waals surface area contributed by atoms with Crippen molar-refractivity contribution in [3.8, 4) is 0 Å². The predicted octanol–water partition coefficient (Wildman–Crippen LogP) is 1.25. The van der Waals surface area contributed by atoms with Gasteiger partial charge in [-0.2, -0.15) is 0 Å². The summed E-state index contributed by atoms with van der Waals surface area (Å²) < 4.78 is 28.0. The van der Waals surface area contributed by atoms with Crippen molar-refractivity contribution in [1.29, 1.82) is 0 Å². The minimum Gasteiger partial charge on any atom is -0.471 e. The smallest absolute Gasteiger partial charge is 0.257 e. The van der Waals surface area contributed by atoms with Crippen LogP contribution in [0.3, 0.4) is 0 Å². The molecule has 0 unspecified atom stereocenters. The Hall–Kier alpha value is -0.360. The second kappa shape index (κ2) is 5.31. The molecule has 0 radical (unpaired) electrons. The highest BCUT2D eigenvalue weighted by Crippen LogP contribution is 2.22. The fourth-order valence-corrected chi connectivity index (χ4v) is 4.12.